The van der Waals surface area contributed by atoms with E-state index in [1.54, 1.807) is 0 Å². The highest BCUT2D eigenvalue weighted by Crippen LogP contribution is 2.18. The van der Waals surface area contributed by atoms with Gasteiger partial charge in [-0.15, -0.1) is 11.6 Å². The molecule has 0 radical (unpaired) electrons. The third-order valence-electron chi connectivity index (χ3n) is 4.21. The van der Waals surface area contributed by atoms with Crippen LogP contribution in [0.25, 0.3) is 5.78 Å². The van der Waals surface area contributed by atoms with Gasteiger partial charge < -0.3 is 9.80 Å². The standard InChI is InChI=1S/C16H17ClN6O/c17-11-12-10-14(24)23-15(18-12)19-16(20-23)22-8-6-21(7-9-22)13-4-2-1-3-5-13/h1-5,10H,6-9,11H2,(H,18,19,20). The van der Waals surface area contributed by atoms with Gasteiger partial charge in [-0.25, -0.2) is 4.98 Å². The van der Waals surface area contributed by atoms with Crippen LogP contribution in [0.1, 0.15) is 5.69 Å². The van der Waals surface area contributed by atoms with E-state index in [4.69, 9.17) is 11.6 Å². The number of halogens is 1. The third kappa shape index (κ3) is 2.71. The molecule has 0 unspecified atom stereocenters. The minimum absolute atomic E-state index is 0.197. The summed E-state index contributed by atoms with van der Waals surface area (Å²) in [6.45, 7) is 3.45. The molecule has 7 nitrogen and oxygen atoms in total. The van der Waals surface area contributed by atoms with E-state index in [-0.39, 0.29) is 11.4 Å². The predicted octanol–water partition coefficient (Wildman–Crippen LogP) is 1.48. The average Bonchev–Trinajstić information content (AvgIpc) is 3.07. The molecule has 4 rings (SSSR count). The number of H-pyrrole nitrogens is 1. The van der Waals surface area contributed by atoms with E-state index >= 15 is 0 Å². The maximum absolute atomic E-state index is 12.1. The van der Waals surface area contributed by atoms with Crippen LogP contribution < -0.4 is 15.4 Å². The highest BCUT2D eigenvalue weighted by atomic mass is 35.5. The van der Waals surface area contributed by atoms with Crippen molar-refractivity contribution >= 4 is 29.0 Å². The van der Waals surface area contributed by atoms with Crippen LogP contribution in [0.2, 0.25) is 0 Å². The fourth-order valence-electron chi connectivity index (χ4n) is 2.94. The first-order valence-corrected chi connectivity index (χ1v) is 8.37. The van der Waals surface area contributed by atoms with Gasteiger partial charge in [-0.05, 0) is 12.1 Å². The summed E-state index contributed by atoms with van der Waals surface area (Å²) in [7, 11) is 0. The molecule has 0 amide bonds. The number of piperazine rings is 1. The highest BCUT2D eigenvalue weighted by molar-refractivity contribution is 6.16. The number of rotatable bonds is 3. The minimum Gasteiger partial charge on any atom is -0.368 e. The maximum Gasteiger partial charge on any atom is 0.274 e. The number of nitrogens with zero attached hydrogens (tertiary/aromatic N) is 5. The minimum atomic E-state index is -0.197. The average molecular weight is 345 g/mol. The van der Waals surface area contributed by atoms with Gasteiger partial charge in [0.2, 0.25) is 5.95 Å². The summed E-state index contributed by atoms with van der Waals surface area (Å²) in [6.07, 6.45) is 0. The molecule has 3 heterocycles. The molecule has 1 fully saturated rings. The molecule has 0 spiro atoms. The van der Waals surface area contributed by atoms with E-state index in [0.29, 0.717) is 17.4 Å². The predicted molar refractivity (Wildman–Crippen MR) is 94.0 cm³/mol. The summed E-state index contributed by atoms with van der Waals surface area (Å²) in [5, 5.41) is 3.03. The molecule has 0 atom stereocenters. The first-order chi connectivity index (χ1) is 11.7. The molecule has 0 saturated carbocycles. The second-order valence-corrected chi connectivity index (χ2v) is 5.98. The van der Waals surface area contributed by atoms with Crippen molar-refractivity contribution in [2.24, 2.45) is 0 Å². The van der Waals surface area contributed by atoms with Crippen LogP contribution in [0.15, 0.2) is 41.2 Å². The number of aromatic amines is 1. The summed E-state index contributed by atoms with van der Waals surface area (Å²) in [5.74, 6) is 1.22. The Bertz CT molecular complexity index is 898. The zero-order chi connectivity index (χ0) is 16.5. The lowest BCUT2D eigenvalue weighted by Crippen LogP contribution is -2.47. The van der Waals surface area contributed by atoms with Gasteiger partial charge in [0.1, 0.15) is 0 Å². The van der Waals surface area contributed by atoms with E-state index in [1.807, 2.05) is 18.2 Å². The van der Waals surface area contributed by atoms with Crippen molar-refractivity contribution in [1.29, 1.82) is 0 Å². The van der Waals surface area contributed by atoms with Crippen LogP contribution >= 0.6 is 11.6 Å². The van der Waals surface area contributed by atoms with E-state index in [1.165, 1.54) is 16.3 Å². The SMILES string of the molecule is O=c1cc(CCl)nc2nc(N3CCN(c4ccccc4)CC3)[nH]n12. The van der Waals surface area contributed by atoms with Crippen LogP contribution in [-0.2, 0) is 5.88 Å². The largest absolute Gasteiger partial charge is 0.368 e. The summed E-state index contributed by atoms with van der Waals surface area (Å²) < 4.78 is 1.36. The van der Waals surface area contributed by atoms with Crippen molar-refractivity contribution in [3.05, 3.63) is 52.4 Å². The molecule has 0 bridgehead atoms. The highest BCUT2D eigenvalue weighted by Gasteiger charge is 2.20. The van der Waals surface area contributed by atoms with Crippen molar-refractivity contribution in [3.8, 4) is 0 Å². The topological polar surface area (TPSA) is 69.5 Å². The molecule has 1 saturated heterocycles. The maximum atomic E-state index is 12.1. The lowest BCUT2D eigenvalue weighted by atomic mass is 10.2. The number of aromatic nitrogens is 4. The molecular weight excluding hydrogens is 328 g/mol. The van der Waals surface area contributed by atoms with Gasteiger partial charge >= 0.3 is 0 Å². The van der Waals surface area contributed by atoms with Gasteiger partial charge in [0.25, 0.3) is 11.3 Å². The second kappa shape index (κ2) is 6.16. The smallest absolute Gasteiger partial charge is 0.274 e. The van der Waals surface area contributed by atoms with E-state index in [2.05, 4.69) is 37.0 Å². The molecule has 2 aromatic heterocycles. The molecule has 1 aliphatic heterocycles. The number of hydrogen-bond donors (Lipinski definition) is 1. The zero-order valence-electron chi connectivity index (χ0n) is 13.0. The molecule has 124 valence electrons. The Morgan fingerprint density at radius 1 is 1.04 bits per heavy atom. The summed E-state index contributed by atoms with van der Waals surface area (Å²) >= 11 is 5.76. The van der Waals surface area contributed by atoms with Gasteiger partial charge in [0.15, 0.2) is 0 Å². The molecule has 1 N–H and O–H groups in total. The van der Waals surface area contributed by atoms with Crippen LogP contribution in [0.5, 0.6) is 0 Å². The van der Waals surface area contributed by atoms with Crippen molar-refractivity contribution in [3.63, 3.8) is 0 Å². The number of para-hydroxylation sites is 1. The van der Waals surface area contributed by atoms with Gasteiger partial charge in [0, 0.05) is 37.9 Å². The lowest BCUT2D eigenvalue weighted by Gasteiger charge is -2.35. The Balaban J connectivity index is 1.54. The zero-order valence-corrected chi connectivity index (χ0v) is 13.8. The Hall–Kier alpha value is -2.54. The van der Waals surface area contributed by atoms with Crippen LogP contribution in [-0.4, -0.2) is 45.8 Å². The molecule has 3 aromatic rings. The van der Waals surface area contributed by atoms with E-state index in [9.17, 15) is 4.79 Å². The van der Waals surface area contributed by atoms with Crippen molar-refractivity contribution < 1.29 is 0 Å². The van der Waals surface area contributed by atoms with Gasteiger partial charge in [-0.1, -0.05) is 18.2 Å². The summed E-state index contributed by atoms with van der Waals surface area (Å²) in [4.78, 5) is 25.3. The number of anilines is 2. The molecule has 8 heteroatoms. The van der Waals surface area contributed by atoms with Gasteiger partial charge in [-0.3, -0.25) is 9.89 Å². The first kappa shape index (κ1) is 15.0. The van der Waals surface area contributed by atoms with E-state index < -0.39 is 0 Å². The number of benzene rings is 1. The van der Waals surface area contributed by atoms with Crippen LogP contribution in [0, 0.1) is 0 Å². The summed E-state index contributed by atoms with van der Waals surface area (Å²) in [6, 6.07) is 11.8. The Morgan fingerprint density at radius 2 is 1.75 bits per heavy atom. The lowest BCUT2D eigenvalue weighted by molar-refractivity contribution is 0.639. The quantitative estimate of drug-likeness (QED) is 0.729. The van der Waals surface area contributed by atoms with Crippen molar-refractivity contribution in [2.45, 2.75) is 5.88 Å². The van der Waals surface area contributed by atoms with Gasteiger partial charge in [0.05, 0.1) is 11.6 Å². The fraction of sp³-hybridized carbons (Fsp3) is 0.312. The molecular formula is C16H17ClN6O. The Kier molecular flexibility index (Phi) is 3.86. The fourth-order valence-corrected chi connectivity index (χ4v) is 3.08. The molecule has 1 aromatic carbocycles. The van der Waals surface area contributed by atoms with Crippen molar-refractivity contribution in [1.82, 2.24) is 19.6 Å². The Morgan fingerprint density at radius 3 is 2.46 bits per heavy atom. The van der Waals surface area contributed by atoms with Crippen molar-refractivity contribution in [2.75, 3.05) is 36.0 Å². The normalized spacial score (nSPS) is 15.2. The molecule has 1 aliphatic rings. The van der Waals surface area contributed by atoms with E-state index in [0.717, 1.165) is 26.2 Å². The van der Waals surface area contributed by atoms with Crippen LogP contribution in [0.4, 0.5) is 11.6 Å². The molecule has 24 heavy (non-hydrogen) atoms. The third-order valence-corrected chi connectivity index (χ3v) is 4.48. The Labute approximate surface area is 143 Å². The van der Waals surface area contributed by atoms with Crippen LogP contribution in [0.3, 0.4) is 0 Å². The van der Waals surface area contributed by atoms with Gasteiger partial charge in [-0.2, -0.15) is 9.50 Å². The number of fused-ring (bicyclic) bond motifs is 1. The monoisotopic (exact) mass is 344 g/mol. The number of hydrogen-bond acceptors (Lipinski definition) is 5. The first-order valence-electron chi connectivity index (χ1n) is 7.84. The summed E-state index contributed by atoms with van der Waals surface area (Å²) in [5.41, 5.74) is 1.57. The number of nitrogens with one attached hydrogen (secondary N) is 1. The number of alkyl halides is 1. The second-order valence-electron chi connectivity index (χ2n) is 5.71. The molecule has 0 aliphatic carbocycles.